The highest BCUT2D eigenvalue weighted by molar-refractivity contribution is 5.97. The van der Waals surface area contributed by atoms with E-state index < -0.39 is 23.8 Å². The maximum absolute atomic E-state index is 12.9. The van der Waals surface area contributed by atoms with Gasteiger partial charge < -0.3 is 10.1 Å². The summed E-state index contributed by atoms with van der Waals surface area (Å²) < 4.78 is 18.1. The molecule has 0 fully saturated rings. The number of halogens is 1. The van der Waals surface area contributed by atoms with Gasteiger partial charge >= 0.3 is 5.97 Å². The van der Waals surface area contributed by atoms with Crippen LogP contribution in [0, 0.1) is 5.82 Å². The molecular weight excluding hydrogens is 321 g/mol. The van der Waals surface area contributed by atoms with Crippen molar-refractivity contribution < 1.29 is 18.7 Å². The average molecular weight is 343 g/mol. The van der Waals surface area contributed by atoms with Crippen molar-refractivity contribution >= 4 is 17.6 Å². The van der Waals surface area contributed by atoms with Gasteiger partial charge in [-0.2, -0.15) is 0 Å². The first-order valence-electron chi connectivity index (χ1n) is 8.05. The highest BCUT2D eigenvalue weighted by Gasteiger charge is 2.20. The summed E-state index contributed by atoms with van der Waals surface area (Å²) in [5.74, 6) is -1.44. The molecular formula is C20H22FNO3. The van der Waals surface area contributed by atoms with E-state index in [9.17, 15) is 14.0 Å². The Morgan fingerprint density at radius 3 is 2.08 bits per heavy atom. The van der Waals surface area contributed by atoms with E-state index >= 15 is 0 Å². The molecule has 0 aromatic heterocycles. The third-order valence-electron chi connectivity index (χ3n) is 3.75. The van der Waals surface area contributed by atoms with E-state index in [0.717, 1.165) is 5.56 Å². The summed E-state index contributed by atoms with van der Waals surface area (Å²) in [6, 6.07) is 12.5. The van der Waals surface area contributed by atoms with Gasteiger partial charge in [0.25, 0.3) is 5.91 Å². The summed E-state index contributed by atoms with van der Waals surface area (Å²) in [6.07, 6.45) is -0.972. The zero-order chi connectivity index (χ0) is 18.6. The molecule has 0 heterocycles. The van der Waals surface area contributed by atoms with E-state index in [1.165, 1.54) is 31.2 Å². The Labute approximate surface area is 147 Å². The van der Waals surface area contributed by atoms with Crippen LogP contribution in [0.3, 0.4) is 0 Å². The molecule has 2 aromatic rings. The summed E-state index contributed by atoms with van der Waals surface area (Å²) in [5.41, 5.74) is 1.91. The Kier molecular flexibility index (Phi) is 5.57. The predicted octanol–water partition coefficient (Wildman–Crippen LogP) is 4.31. The molecule has 0 aliphatic rings. The fourth-order valence-corrected chi connectivity index (χ4v) is 2.17. The van der Waals surface area contributed by atoms with Crippen molar-refractivity contribution in [3.8, 4) is 0 Å². The van der Waals surface area contributed by atoms with E-state index in [0.29, 0.717) is 11.3 Å². The van der Waals surface area contributed by atoms with Gasteiger partial charge in [-0.05, 0) is 54.3 Å². The number of ether oxygens (including phenoxy) is 1. The summed E-state index contributed by atoms with van der Waals surface area (Å²) in [4.78, 5) is 24.2. The second kappa shape index (κ2) is 7.47. The van der Waals surface area contributed by atoms with Crippen LogP contribution in [-0.4, -0.2) is 18.0 Å². The first-order chi connectivity index (χ1) is 11.7. The zero-order valence-electron chi connectivity index (χ0n) is 14.8. The fraction of sp³-hybridized carbons (Fsp3) is 0.300. The molecule has 2 aromatic carbocycles. The van der Waals surface area contributed by atoms with Crippen molar-refractivity contribution in [2.45, 2.75) is 39.2 Å². The van der Waals surface area contributed by atoms with Crippen molar-refractivity contribution in [3.05, 3.63) is 65.5 Å². The lowest BCUT2D eigenvalue weighted by atomic mass is 9.87. The highest BCUT2D eigenvalue weighted by atomic mass is 19.1. The molecule has 1 amide bonds. The van der Waals surface area contributed by atoms with Crippen LogP contribution in [-0.2, 0) is 14.9 Å². The number of anilines is 1. The number of carbonyl (C=O) groups is 2. The minimum atomic E-state index is -0.972. The molecule has 0 saturated heterocycles. The lowest BCUT2D eigenvalue weighted by molar-refractivity contribution is -0.123. The molecule has 132 valence electrons. The third kappa shape index (κ3) is 5.14. The Morgan fingerprint density at radius 2 is 1.56 bits per heavy atom. The Morgan fingerprint density at radius 1 is 1.00 bits per heavy atom. The zero-order valence-corrected chi connectivity index (χ0v) is 14.8. The van der Waals surface area contributed by atoms with Gasteiger partial charge in [0, 0.05) is 5.69 Å². The highest BCUT2D eigenvalue weighted by Crippen LogP contribution is 2.22. The molecule has 5 heteroatoms. The van der Waals surface area contributed by atoms with Crippen molar-refractivity contribution in [1.82, 2.24) is 0 Å². The maximum Gasteiger partial charge on any atom is 0.338 e. The number of hydrogen-bond acceptors (Lipinski definition) is 3. The van der Waals surface area contributed by atoms with Gasteiger partial charge in [-0.25, -0.2) is 9.18 Å². The minimum absolute atomic E-state index is 0.00916. The number of amides is 1. The van der Waals surface area contributed by atoms with Gasteiger partial charge in [-0.1, -0.05) is 32.9 Å². The van der Waals surface area contributed by atoms with Crippen LogP contribution in [0.1, 0.15) is 43.6 Å². The Balaban J connectivity index is 1.97. The molecule has 4 nitrogen and oxygen atoms in total. The van der Waals surface area contributed by atoms with Gasteiger partial charge in [0.15, 0.2) is 6.10 Å². The molecule has 1 N–H and O–H groups in total. The maximum atomic E-state index is 12.9. The Bertz CT molecular complexity index is 746. The third-order valence-corrected chi connectivity index (χ3v) is 3.75. The summed E-state index contributed by atoms with van der Waals surface area (Å²) >= 11 is 0. The molecule has 1 atom stereocenters. The molecule has 0 aliphatic heterocycles. The molecule has 0 unspecified atom stereocenters. The number of benzene rings is 2. The fourth-order valence-electron chi connectivity index (χ4n) is 2.17. The number of nitrogens with one attached hydrogen (secondary N) is 1. The summed E-state index contributed by atoms with van der Waals surface area (Å²) in [6.45, 7) is 7.74. The minimum Gasteiger partial charge on any atom is -0.449 e. The van der Waals surface area contributed by atoms with Crippen LogP contribution in [0.25, 0.3) is 0 Å². The van der Waals surface area contributed by atoms with Crippen LogP contribution in [0.2, 0.25) is 0 Å². The monoisotopic (exact) mass is 343 g/mol. The second-order valence-corrected chi connectivity index (χ2v) is 6.87. The smallest absolute Gasteiger partial charge is 0.338 e. The molecule has 2 rings (SSSR count). The lowest BCUT2D eigenvalue weighted by Crippen LogP contribution is -2.30. The number of hydrogen-bond donors (Lipinski definition) is 1. The Hall–Kier alpha value is -2.69. The van der Waals surface area contributed by atoms with E-state index in [1.54, 1.807) is 12.1 Å². The molecule has 0 saturated carbocycles. The molecule has 0 spiro atoms. The van der Waals surface area contributed by atoms with E-state index in [2.05, 4.69) is 26.1 Å². The SMILES string of the molecule is C[C@H](OC(=O)c1ccc(C(C)(C)C)cc1)C(=O)Nc1ccc(F)cc1. The second-order valence-electron chi connectivity index (χ2n) is 6.87. The van der Waals surface area contributed by atoms with Gasteiger partial charge in [-0.3, -0.25) is 4.79 Å². The normalized spacial score (nSPS) is 12.4. The van der Waals surface area contributed by atoms with Crippen LogP contribution in [0.4, 0.5) is 10.1 Å². The van der Waals surface area contributed by atoms with E-state index in [-0.39, 0.29) is 5.41 Å². The number of rotatable bonds is 4. The van der Waals surface area contributed by atoms with Crippen molar-refractivity contribution in [2.75, 3.05) is 5.32 Å². The summed E-state index contributed by atoms with van der Waals surface area (Å²) in [7, 11) is 0. The van der Waals surface area contributed by atoms with Crippen LogP contribution >= 0.6 is 0 Å². The quantitative estimate of drug-likeness (QED) is 0.842. The standard InChI is InChI=1S/C20H22FNO3/c1-13(18(23)22-17-11-9-16(21)10-12-17)25-19(24)14-5-7-15(8-6-14)20(2,3)4/h5-13H,1-4H3,(H,22,23)/t13-/m0/s1. The van der Waals surface area contributed by atoms with E-state index in [4.69, 9.17) is 4.74 Å². The average Bonchev–Trinajstić information content (AvgIpc) is 2.56. The van der Waals surface area contributed by atoms with Crippen LogP contribution < -0.4 is 5.32 Å². The first-order valence-corrected chi connectivity index (χ1v) is 8.05. The molecule has 0 aliphatic carbocycles. The van der Waals surface area contributed by atoms with E-state index in [1.807, 2.05) is 12.1 Å². The summed E-state index contributed by atoms with van der Waals surface area (Å²) in [5, 5.41) is 2.57. The first kappa shape index (κ1) is 18.6. The van der Waals surface area contributed by atoms with Crippen molar-refractivity contribution in [3.63, 3.8) is 0 Å². The predicted molar refractivity (Wildman–Crippen MR) is 95.0 cm³/mol. The number of esters is 1. The van der Waals surface area contributed by atoms with Gasteiger partial charge in [0.05, 0.1) is 5.56 Å². The van der Waals surface area contributed by atoms with Crippen LogP contribution in [0.5, 0.6) is 0 Å². The topological polar surface area (TPSA) is 55.4 Å². The van der Waals surface area contributed by atoms with Gasteiger partial charge in [0.1, 0.15) is 5.82 Å². The molecule has 25 heavy (non-hydrogen) atoms. The van der Waals surface area contributed by atoms with Gasteiger partial charge in [-0.15, -0.1) is 0 Å². The van der Waals surface area contributed by atoms with Gasteiger partial charge in [0.2, 0.25) is 0 Å². The number of carbonyl (C=O) groups excluding carboxylic acids is 2. The molecule has 0 bridgehead atoms. The molecule has 0 radical (unpaired) electrons. The van der Waals surface area contributed by atoms with Crippen molar-refractivity contribution in [1.29, 1.82) is 0 Å². The lowest BCUT2D eigenvalue weighted by Gasteiger charge is -2.19. The van der Waals surface area contributed by atoms with Crippen molar-refractivity contribution in [2.24, 2.45) is 0 Å². The largest absolute Gasteiger partial charge is 0.449 e. The van der Waals surface area contributed by atoms with Crippen LogP contribution in [0.15, 0.2) is 48.5 Å².